The van der Waals surface area contributed by atoms with Crippen LogP contribution in [0.5, 0.6) is 0 Å². The molecule has 0 saturated carbocycles. The van der Waals surface area contributed by atoms with Gasteiger partial charge in [-0.15, -0.1) is 0 Å². The van der Waals surface area contributed by atoms with Gasteiger partial charge in [-0.1, -0.05) is 39.8 Å². The van der Waals surface area contributed by atoms with Crippen molar-refractivity contribution < 1.29 is 43.5 Å². The molecule has 0 aliphatic carbocycles. The number of aliphatic imine (C=N–C) groups is 1. The molecule has 2 saturated heterocycles. The van der Waals surface area contributed by atoms with E-state index >= 15 is 0 Å². The third kappa shape index (κ3) is 12.8. The maximum atomic E-state index is 14.3. The van der Waals surface area contributed by atoms with Crippen LogP contribution in [0.25, 0.3) is 10.9 Å². The minimum absolute atomic E-state index is 0.0335. The van der Waals surface area contributed by atoms with Gasteiger partial charge in [-0.2, -0.15) is 0 Å². The second-order valence-electron chi connectivity index (χ2n) is 13.1. The van der Waals surface area contributed by atoms with E-state index in [0.29, 0.717) is 12.0 Å². The zero-order valence-corrected chi connectivity index (χ0v) is 32.0. The van der Waals surface area contributed by atoms with Crippen LogP contribution in [-0.4, -0.2) is 130 Å². The summed E-state index contributed by atoms with van der Waals surface area (Å²) in [5, 5.41) is 23.0. The van der Waals surface area contributed by atoms with Crippen molar-refractivity contribution in [1.29, 1.82) is 0 Å². The Morgan fingerprint density at radius 2 is 1.64 bits per heavy atom. The molecule has 1 aromatic heterocycles. The lowest BCUT2D eigenvalue weighted by Gasteiger charge is -2.30. The molecule has 7 amide bonds. The Morgan fingerprint density at radius 3 is 2.38 bits per heavy atom. The van der Waals surface area contributed by atoms with Crippen LogP contribution in [0.4, 0.5) is 0 Å². The van der Waals surface area contributed by atoms with Gasteiger partial charge in [-0.25, -0.2) is 0 Å². The van der Waals surface area contributed by atoms with Crippen LogP contribution in [-0.2, 0) is 44.8 Å². The molecule has 56 heavy (non-hydrogen) atoms. The predicted molar refractivity (Wildman–Crippen MR) is 208 cm³/mol. The van der Waals surface area contributed by atoms with Gasteiger partial charge in [0, 0.05) is 54.5 Å². The third-order valence-corrected chi connectivity index (χ3v) is 11.4. The van der Waals surface area contributed by atoms with Crippen molar-refractivity contribution in [2.45, 2.75) is 75.2 Å². The number of nitrogens with zero attached hydrogens (tertiary/aromatic N) is 2. The fourth-order valence-corrected chi connectivity index (χ4v) is 8.39. The fourth-order valence-electron chi connectivity index (χ4n) is 6.23. The van der Waals surface area contributed by atoms with E-state index in [1.807, 2.05) is 18.2 Å². The topological polar surface area (TPSA) is 326 Å². The second-order valence-corrected chi connectivity index (χ2v) is 15.8. The van der Waals surface area contributed by atoms with Crippen molar-refractivity contribution in [1.82, 2.24) is 36.5 Å². The number of amides is 7. The number of H-pyrrole nitrogens is 1. The zero-order valence-electron chi connectivity index (χ0n) is 30.4. The first-order valence-electron chi connectivity index (χ1n) is 17.9. The Labute approximate surface area is 329 Å². The highest BCUT2D eigenvalue weighted by Gasteiger charge is 2.40. The monoisotopic (exact) mass is 817 g/mol. The number of aliphatic carboxylic acids is 1. The predicted octanol–water partition coefficient (Wildman–Crippen LogP) is -2.44. The largest absolute Gasteiger partial charge is 0.481 e. The summed E-state index contributed by atoms with van der Waals surface area (Å²) in [4.78, 5) is 113. The quantitative estimate of drug-likeness (QED) is 0.0545. The van der Waals surface area contributed by atoms with E-state index in [4.69, 9.17) is 17.2 Å². The van der Waals surface area contributed by atoms with Crippen LogP contribution in [0.1, 0.15) is 44.1 Å². The Kier molecular flexibility index (Phi) is 16.2. The molecule has 2 aromatic rings. The SMILES string of the molecule is NC(=O)C1CSSCCC(=O)NC(CCCN=C(N)N)C(=O)NCC(=O)NC(CC(=O)O)C(=O)NC(Cc2c[nH]c3ccccc23)C(=O)N2CCCC2C(=O)N1. The first-order chi connectivity index (χ1) is 26.7. The lowest BCUT2D eigenvalue weighted by Crippen LogP contribution is -2.59. The molecule has 4 rings (SSSR count). The number of para-hydroxylation sites is 1. The van der Waals surface area contributed by atoms with Crippen LogP contribution in [0.2, 0.25) is 0 Å². The second kappa shape index (κ2) is 21.0. The molecular weight excluding hydrogens is 771 g/mol. The van der Waals surface area contributed by atoms with Crippen molar-refractivity contribution in [2.75, 3.05) is 31.1 Å². The molecule has 20 nitrogen and oxygen atoms in total. The van der Waals surface area contributed by atoms with Crippen molar-refractivity contribution in [3.05, 3.63) is 36.0 Å². The van der Waals surface area contributed by atoms with Gasteiger partial charge in [0.15, 0.2) is 5.96 Å². The summed E-state index contributed by atoms with van der Waals surface area (Å²) in [6, 6.07) is 1.01. The average Bonchev–Trinajstić information content (AvgIpc) is 3.81. The van der Waals surface area contributed by atoms with E-state index in [1.54, 1.807) is 12.3 Å². The van der Waals surface area contributed by atoms with E-state index in [1.165, 1.54) is 26.5 Å². The van der Waals surface area contributed by atoms with E-state index in [2.05, 4.69) is 36.6 Å². The molecule has 5 unspecified atom stereocenters. The van der Waals surface area contributed by atoms with Gasteiger partial charge in [-0.05, 0) is 37.3 Å². The van der Waals surface area contributed by atoms with Gasteiger partial charge in [0.2, 0.25) is 41.4 Å². The molecular formula is C34H47N11O9S2. The Bertz CT molecular complexity index is 1820. The highest BCUT2D eigenvalue weighted by molar-refractivity contribution is 8.76. The number of nitrogens with one attached hydrogen (secondary N) is 6. The molecule has 0 bridgehead atoms. The Balaban J connectivity index is 1.63. The number of nitrogens with two attached hydrogens (primary N) is 3. The highest BCUT2D eigenvalue weighted by atomic mass is 33.1. The number of carbonyl (C=O) groups excluding carboxylic acids is 7. The van der Waals surface area contributed by atoms with Crippen LogP contribution < -0.4 is 43.8 Å². The molecule has 22 heteroatoms. The van der Waals surface area contributed by atoms with Crippen molar-refractivity contribution in [2.24, 2.45) is 22.2 Å². The maximum Gasteiger partial charge on any atom is 0.305 e. The van der Waals surface area contributed by atoms with Gasteiger partial charge in [0.05, 0.1) is 13.0 Å². The molecule has 3 heterocycles. The minimum atomic E-state index is -1.68. The minimum Gasteiger partial charge on any atom is -0.481 e. The Hall–Kier alpha value is -5.51. The zero-order chi connectivity index (χ0) is 40.8. The highest BCUT2D eigenvalue weighted by Crippen LogP contribution is 2.25. The molecule has 5 atom stereocenters. The van der Waals surface area contributed by atoms with E-state index in [0.717, 1.165) is 10.9 Å². The first-order valence-corrected chi connectivity index (χ1v) is 20.4. The summed E-state index contributed by atoms with van der Waals surface area (Å²) >= 11 is 0. The number of rotatable bonds is 9. The molecule has 0 spiro atoms. The lowest BCUT2D eigenvalue weighted by molar-refractivity contribution is -0.143. The molecule has 13 N–H and O–H groups in total. The number of hydrogen-bond acceptors (Lipinski definition) is 11. The molecule has 2 fully saturated rings. The van der Waals surface area contributed by atoms with Crippen LogP contribution in [0.3, 0.4) is 0 Å². The number of carboxylic acids is 1. The van der Waals surface area contributed by atoms with Gasteiger partial charge >= 0.3 is 5.97 Å². The molecule has 2 aliphatic heterocycles. The summed E-state index contributed by atoms with van der Waals surface area (Å²) in [6.45, 7) is -0.380. The van der Waals surface area contributed by atoms with E-state index in [9.17, 15) is 43.5 Å². The average molecular weight is 818 g/mol. The summed E-state index contributed by atoms with van der Waals surface area (Å²) < 4.78 is 0. The number of carbonyl (C=O) groups is 8. The number of hydrogen-bond donors (Lipinski definition) is 10. The summed E-state index contributed by atoms with van der Waals surface area (Å²) in [6.07, 6.45) is 1.76. The van der Waals surface area contributed by atoms with Crippen LogP contribution in [0.15, 0.2) is 35.5 Å². The van der Waals surface area contributed by atoms with Crippen LogP contribution >= 0.6 is 21.6 Å². The third-order valence-electron chi connectivity index (χ3n) is 8.99. The van der Waals surface area contributed by atoms with Gasteiger partial charge in [-0.3, -0.25) is 43.3 Å². The number of guanidine groups is 1. The fraction of sp³-hybridized carbons (Fsp3) is 0.500. The number of benzene rings is 1. The van der Waals surface area contributed by atoms with Crippen LogP contribution in [0, 0.1) is 0 Å². The maximum absolute atomic E-state index is 14.3. The van der Waals surface area contributed by atoms with Crippen molar-refractivity contribution >= 4 is 85.8 Å². The lowest BCUT2D eigenvalue weighted by atomic mass is 10.0. The van der Waals surface area contributed by atoms with E-state index < -0.39 is 90.5 Å². The standard InChI is InChI=1S/C34H47N11O9S2/c35-29(50)24-17-56-55-12-9-26(46)41-21(7-3-10-38-34(36)37)30(51)40-16-27(47)42-22(14-28(48)49)31(52)43-23(13-18-15-39-20-6-2-1-5-19(18)20)33(54)45-11-4-8-25(45)32(53)44-24/h1-2,5-6,15,21-25,39H,3-4,7-14,16-17H2,(H2,35,50)(H,40,51)(H,41,46)(H,42,47)(H,43,52)(H,44,53)(H,48,49)(H4,36,37,38). The smallest absolute Gasteiger partial charge is 0.305 e. The summed E-state index contributed by atoms with van der Waals surface area (Å²) in [5.41, 5.74) is 17.8. The molecule has 0 radical (unpaired) electrons. The first kappa shape index (κ1) is 43.2. The Morgan fingerprint density at radius 1 is 0.893 bits per heavy atom. The van der Waals surface area contributed by atoms with Gasteiger partial charge < -0.3 is 58.8 Å². The van der Waals surface area contributed by atoms with Crippen molar-refractivity contribution in [3.8, 4) is 0 Å². The molecule has 304 valence electrons. The van der Waals surface area contributed by atoms with Crippen molar-refractivity contribution in [3.63, 3.8) is 0 Å². The van der Waals surface area contributed by atoms with E-state index in [-0.39, 0.29) is 62.7 Å². The molecule has 2 aliphatic rings. The normalized spacial score (nSPS) is 23.9. The summed E-state index contributed by atoms with van der Waals surface area (Å²) in [7, 11) is 2.43. The number of aromatic nitrogens is 1. The molecule has 1 aromatic carbocycles. The van der Waals surface area contributed by atoms with Gasteiger partial charge in [0.25, 0.3) is 0 Å². The number of fused-ring (bicyclic) bond motifs is 2. The summed E-state index contributed by atoms with van der Waals surface area (Å²) in [5.74, 6) is -6.51. The number of aromatic amines is 1. The number of primary amides is 1. The number of carboxylic acid groups (broad SMARTS) is 1. The van der Waals surface area contributed by atoms with Gasteiger partial charge in [0.1, 0.15) is 30.2 Å².